The van der Waals surface area contributed by atoms with Gasteiger partial charge < -0.3 is 14.3 Å². The van der Waals surface area contributed by atoms with Crippen LogP contribution in [0, 0.1) is 5.92 Å². The number of amides is 1. The first-order valence-electron chi connectivity index (χ1n) is 6.97. The lowest BCUT2D eigenvalue weighted by Gasteiger charge is -2.20. The highest BCUT2D eigenvalue weighted by atomic mass is 16.5. The number of hydrogen-bond acceptors (Lipinski definition) is 5. The molecule has 0 unspecified atom stereocenters. The first kappa shape index (κ1) is 12.9. The summed E-state index contributed by atoms with van der Waals surface area (Å²) in [7, 11) is 0. The van der Waals surface area contributed by atoms with Gasteiger partial charge in [0.15, 0.2) is 11.6 Å². The van der Waals surface area contributed by atoms with E-state index in [2.05, 4.69) is 15.5 Å². The molecule has 0 atom stereocenters. The van der Waals surface area contributed by atoms with Crippen molar-refractivity contribution in [2.75, 3.05) is 0 Å². The molecular weight excluding hydrogens is 258 g/mol. The van der Waals surface area contributed by atoms with Crippen molar-refractivity contribution >= 4 is 5.91 Å². The molecule has 2 heterocycles. The van der Waals surface area contributed by atoms with Gasteiger partial charge in [0.05, 0.1) is 12.8 Å². The Labute approximate surface area is 116 Å². The van der Waals surface area contributed by atoms with Gasteiger partial charge in [0, 0.05) is 5.92 Å². The fourth-order valence-electron chi connectivity index (χ4n) is 2.50. The van der Waals surface area contributed by atoms with E-state index < -0.39 is 0 Å². The number of rotatable bonds is 4. The van der Waals surface area contributed by atoms with Crippen molar-refractivity contribution in [1.82, 2.24) is 15.5 Å². The molecule has 6 heteroatoms. The van der Waals surface area contributed by atoms with Crippen molar-refractivity contribution < 1.29 is 13.7 Å². The summed E-state index contributed by atoms with van der Waals surface area (Å²) in [6.07, 6.45) is 7.03. The van der Waals surface area contributed by atoms with Crippen LogP contribution >= 0.6 is 0 Å². The second-order valence-electron chi connectivity index (χ2n) is 5.05. The number of carbonyl (C=O) groups is 1. The summed E-state index contributed by atoms with van der Waals surface area (Å²) in [5.74, 6) is 1.55. The molecule has 0 bridgehead atoms. The molecule has 0 aliphatic heterocycles. The zero-order valence-corrected chi connectivity index (χ0v) is 11.2. The number of nitrogens with zero attached hydrogens (tertiary/aromatic N) is 2. The number of carbonyl (C=O) groups excluding carboxylic acids is 1. The SMILES string of the molecule is O=C(NCc1noc(-c2ccco2)n1)C1CCCCC1. The summed E-state index contributed by atoms with van der Waals surface area (Å²) < 4.78 is 10.3. The van der Waals surface area contributed by atoms with Crippen molar-refractivity contribution in [1.29, 1.82) is 0 Å². The monoisotopic (exact) mass is 275 g/mol. The summed E-state index contributed by atoms with van der Waals surface area (Å²) in [6.45, 7) is 0.291. The third-order valence-electron chi connectivity index (χ3n) is 3.60. The molecule has 106 valence electrons. The smallest absolute Gasteiger partial charge is 0.293 e. The van der Waals surface area contributed by atoms with E-state index in [1.54, 1.807) is 18.4 Å². The average molecular weight is 275 g/mol. The highest BCUT2D eigenvalue weighted by Crippen LogP contribution is 2.23. The maximum atomic E-state index is 12.0. The van der Waals surface area contributed by atoms with Gasteiger partial charge in [-0.3, -0.25) is 4.79 Å². The van der Waals surface area contributed by atoms with Crippen LogP contribution in [0.5, 0.6) is 0 Å². The fourth-order valence-corrected chi connectivity index (χ4v) is 2.50. The molecule has 1 aliphatic rings. The maximum Gasteiger partial charge on any atom is 0.293 e. The first-order chi connectivity index (χ1) is 9.83. The number of aromatic nitrogens is 2. The normalized spacial score (nSPS) is 16.2. The summed E-state index contributed by atoms with van der Waals surface area (Å²) >= 11 is 0. The van der Waals surface area contributed by atoms with Gasteiger partial charge in [-0.15, -0.1) is 0 Å². The Kier molecular flexibility index (Phi) is 3.80. The molecule has 1 saturated carbocycles. The largest absolute Gasteiger partial charge is 0.459 e. The Morgan fingerprint density at radius 2 is 2.20 bits per heavy atom. The minimum absolute atomic E-state index is 0.0917. The molecule has 2 aromatic rings. The second kappa shape index (κ2) is 5.90. The van der Waals surface area contributed by atoms with Gasteiger partial charge in [-0.1, -0.05) is 24.4 Å². The Hall–Kier alpha value is -2.11. The van der Waals surface area contributed by atoms with Gasteiger partial charge in [-0.2, -0.15) is 4.98 Å². The van der Waals surface area contributed by atoms with E-state index >= 15 is 0 Å². The predicted molar refractivity (Wildman–Crippen MR) is 70.4 cm³/mol. The first-order valence-corrected chi connectivity index (χ1v) is 6.97. The molecule has 2 aromatic heterocycles. The highest BCUT2D eigenvalue weighted by Gasteiger charge is 2.21. The molecule has 0 aromatic carbocycles. The number of furan rings is 1. The Balaban J connectivity index is 1.54. The van der Waals surface area contributed by atoms with E-state index in [0.29, 0.717) is 24.0 Å². The number of hydrogen-bond donors (Lipinski definition) is 1. The molecule has 1 amide bonds. The topological polar surface area (TPSA) is 81.2 Å². The molecular formula is C14H17N3O3. The van der Waals surface area contributed by atoms with Crippen LogP contribution < -0.4 is 5.32 Å². The van der Waals surface area contributed by atoms with Crippen LogP contribution in [0.1, 0.15) is 37.9 Å². The van der Waals surface area contributed by atoms with Crippen molar-refractivity contribution in [3.63, 3.8) is 0 Å². The summed E-state index contributed by atoms with van der Waals surface area (Å²) in [5, 5.41) is 6.70. The maximum absolute atomic E-state index is 12.0. The molecule has 6 nitrogen and oxygen atoms in total. The lowest BCUT2D eigenvalue weighted by molar-refractivity contribution is -0.126. The van der Waals surface area contributed by atoms with Crippen LogP contribution in [-0.2, 0) is 11.3 Å². The van der Waals surface area contributed by atoms with E-state index in [-0.39, 0.29) is 11.8 Å². The van der Waals surface area contributed by atoms with Gasteiger partial charge >= 0.3 is 0 Å². The van der Waals surface area contributed by atoms with Gasteiger partial charge in [0.25, 0.3) is 5.89 Å². The molecule has 20 heavy (non-hydrogen) atoms. The van der Waals surface area contributed by atoms with Crippen molar-refractivity contribution in [2.24, 2.45) is 5.92 Å². The number of nitrogens with one attached hydrogen (secondary N) is 1. The summed E-state index contributed by atoms with van der Waals surface area (Å²) in [6, 6.07) is 3.50. The summed E-state index contributed by atoms with van der Waals surface area (Å²) in [4.78, 5) is 16.2. The molecule has 0 radical (unpaired) electrons. The minimum atomic E-state index is 0.0917. The quantitative estimate of drug-likeness (QED) is 0.927. The van der Waals surface area contributed by atoms with E-state index in [9.17, 15) is 4.79 Å². The molecule has 1 N–H and O–H groups in total. The molecule has 0 spiro atoms. The van der Waals surface area contributed by atoms with Gasteiger partial charge in [-0.05, 0) is 25.0 Å². The van der Waals surface area contributed by atoms with E-state index in [0.717, 1.165) is 25.7 Å². The standard InChI is InChI=1S/C14H17N3O3/c18-13(10-5-2-1-3-6-10)15-9-12-16-14(20-17-12)11-7-4-8-19-11/h4,7-8,10H,1-3,5-6,9H2,(H,15,18). The van der Waals surface area contributed by atoms with E-state index in [4.69, 9.17) is 8.94 Å². The van der Waals surface area contributed by atoms with E-state index in [1.807, 2.05) is 0 Å². The van der Waals surface area contributed by atoms with Crippen LogP contribution in [0.2, 0.25) is 0 Å². The van der Waals surface area contributed by atoms with Gasteiger partial charge in [-0.25, -0.2) is 0 Å². The molecule has 3 rings (SSSR count). The van der Waals surface area contributed by atoms with Crippen molar-refractivity contribution in [3.8, 4) is 11.7 Å². The summed E-state index contributed by atoms with van der Waals surface area (Å²) in [5.41, 5.74) is 0. The zero-order valence-electron chi connectivity index (χ0n) is 11.2. The Morgan fingerprint density at radius 3 is 2.95 bits per heavy atom. The highest BCUT2D eigenvalue weighted by molar-refractivity contribution is 5.78. The zero-order chi connectivity index (χ0) is 13.8. The average Bonchev–Trinajstić information content (AvgIpc) is 3.16. The lowest BCUT2D eigenvalue weighted by atomic mass is 9.89. The molecule has 1 fully saturated rings. The Morgan fingerprint density at radius 1 is 1.35 bits per heavy atom. The van der Waals surface area contributed by atoms with Crippen LogP contribution in [0.15, 0.2) is 27.3 Å². The lowest BCUT2D eigenvalue weighted by Crippen LogP contribution is -2.31. The van der Waals surface area contributed by atoms with E-state index in [1.165, 1.54) is 6.42 Å². The molecule has 1 aliphatic carbocycles. The van der Waals surface area contributed by atoms with Crippen molar-refractivity contribution in [2.45, 2.75) is 38.6 Å². The van der Waals surface area contributed by atoms with Gasteiger partial charge in [0.2, 0.25) is 5.91 Å². The predicted octanol–water partition coefficient (Wildman–Crippen LogP) is 2.53. The minimum Gasteiger partial charge on any atom is -0.459 e. The fraction of sp³-hybridized carbons (Fsp3) is 0.500. The van der Waals surface area contributed by atoms with Crippen LogP contribution in [0.3, 0.4) is 0 Å². The van der Waals surface area contributed by atoms with Gasteiger partial charge in [0.1, 0.15) is 0 Å². The second-order valence-corrected chi connectivity index (χ2v) is 5.05. The molecule has 0 saturated heterocycles. The third-order valence-corrected chi connectivity index (χ3v) is 3.60. The van der Waals surface area contributed by atoms with Crippen LogP contribution in [-0.4, -0.2) is 16.0 Å². The van der Waals surface area contributed by atoms with Crippen LogP contribution in [0.25, 0.3) is 11.7 Å². The van der Waals surface area contributed by atoms with Crippen molar-refractivity contribution in [3.05, 3.63) is 24.2 Å². The van der Waals surface area contributed by atoms with Crippen LogP contribution in [0.4, 0.5) is 0 Å². The Bertz CT molecular complexity index is 556. The third kappa shape index (κ3) is 2.89.